The van der Waals surface area contributed by atoms with Gasteiger partial charge in [-0.05, 0) is 0 Å². The van der Waals surface area contributed by atoms with Gasteiger partial charge in [-0.25, -0.2) is 0 Å². The maximum atomic E-state index is 13.0. The normalized spacial score (nSPS) is 10.1. The number of carbonyl (C=O) groups is 1. The van der Waals surface area contributed by atoms with Gasteiger partial charge in [-0.15, -0.1) is 0 Å². The van der Waals surface area contributed by atoms with Crippen LogP contribution < -0.4 is 14.2 Å². The third-order valence-electron chi connectivity index (χ3n) is 4.01. The van der Waals surface area contributed by atoms with Gasteiger partial charge in [0.05, 0.1) is 0 Å². The fraction of sp³-hybridized carbons (Fsp3) is 0.208. The van der Waals surface area contributed by atoms with Crippen LogP contribution >= 0.6 is 0 Å². The Morgan fingerprint density at radius 1 is 0.844 bits per heavy atom. The van der Waals surface area contributed by atoms with Crippen molar-refractivity contribution in [3.8, 4) is 17.2 Å². The van der Waals surface area contributed by atoms with Crippen LogP contribution in [0.1, 0.15) is 35.3 Å². The first kappa shape index (κ1) is 25.2. The first-order valence-electron chi connectivity index (χ1n) is 9.87. The van der Waals surface area contributed by atoms with E-state index in [1.807, 2.05) is 74.5 Å². The van der Waals surface area contributed by atoms with Crippen LogP contribution in [0.25, 0.3) is 0 Å². The molecule has 32 heavy (non-hydrogen) atoms. The number of ether oxygens (including phenoxy) is 3. The summed E-state index contributed by atoms with van der Waals surface area (Å²) in [7, 11) is 0. The van der Waals surface area contributed by atoms with Crippen molar-refractivity contribution in [2.75, 3.05) is 0 Å². The van der Waals surface area contributed by atoms with Crippen LogP contribution in [0.5, 0.6) is 17.2 Å². The van der Waals surface area contributed by atoms with Crippen LogP contribution in [0.3, 0.4) is 0 Å². The molecule has 5 nitrogen and oxygen atoms in total. The summed E-state index contributed by atoms with van der Waals surface area (Å²) in [6.45, 7) is 1.10. The van der Waals surface area contributed by atoms with Crippen molar-refractivity contribution in [2.45, 2.75) is 33.7 Å². The predicted molar refractivity (Wildman–Crippen MR) is 117 cm³/mol. The summed E-state index contributed by atoms with van der Waals surface area (Å²) in [5, 5.41) is 0. The van der Waals surface area contributed by atoms with Gasteiger partial charge >= 0.3 is 180 Å². The van der Waals surface area contributed by atoms with Crippen LogP contribution in [-0.4, -0.2) is 28.9 Å². The van der Waals surface area contributed by atoms with Crippen molar-refractivity contribution in [1.82, 2.24) is 0 Å². The molecule has 3 aromatic carbocycles. The molecular weight excluding hydrogens is 485 g/mol. The number of halogens is 2. The molecule has 0 aliphatic heterocycles. The van der Waals surface area contributed by atoms with Crippen molar-refractivity contribution in [2.24, 2.45) is 0 Å². The van der Waals surface area contributed by atoms with Gasteiger partial charge in [-0.1, -0.05) is 13.8 Å². The third kappa shape index (κ3) is 7.55. The average Bonchev–Trinajstić information content (AvgIpc) is 2.83. The number of benzene rings is 3. The van der Waals surface area contributed by atoms with Crippen molar-refractivity contribution < 1.29 is 31.6 Å². The molecule has 0 aliphatic rings. The minimum atomic E-state index is -3.12. The van der Waals surface area contributed by atoms with E-state index >= 15 is 0 Å². The molecule has 0 bridgehead atoms. The Hall–Kier alpha value is -3.09. The van der Waals surface area contributed by atoms with Gasteiger partial charge < -0.3 is 0 Å². The van der Waals surface area contributed by atoms with Gasteiger partial charge in [0.2, 0.25) is 0 Å². The summed E-state index contributed by atoms with van der Waals surface area (Å²) in [6, 6.07) is 20.9. The summed E-state index contributed by atoms with van der Waals surface area (Å²) in [4.78, 5) is 12.0. The van der Waals surface area contributed by atoms with E-state index in [2.05, 4.69) is 24.9 Å². The number of rotatable bonds is 9. The second-order valence-electron chi connectivity index (χ2n) is 6.10. The second kappa shape index (κ2) is 13.3. The zero-order chi connectivity index (χ0) is 23.3. The van der Waals surface area contributed by atoms with Crippen LogP contribution in [0.15, 0.2) is 72.8 Å². The Morgan fingerprint density at radius 2 is 1.34 bits per heavy atom. The quantitative estimate of drug-likeness (QED) is 0.347. The van der Waals surface area contributed by atoms with Gasteiger partial charge in [0.1, 0.15) is 0 Å². The molecule has 0 saturated heterocycles. The van der Waals surface area contributed by atoms with E-state index in [1.54, 1.807) is 0 Å². The molecule has 0 aliphatic carbocycles. The summed E-state index contributed by atoms with van der Waals surface area (Å²) < 4.78 is 46.8. The van der Waals surface area contributed by atoms with Crippen LogP contribution in [-0.2, 0) is 17.0 Å². The molecule has 0 heterocycles. The molecule has 169 valence electrons. The Morgan fingerprint density at radius 3 is 1.84 bits per heavy atom. The molecule has 0 aromatic heterocycles. The Balaban J connectivity index is 0.00000176. The van der Waals surface area contributed by atoms with Crippen LogP contribution in [0, 0.1) is 0 Å². The molecule has 3 rings (SSSR count). The van der Waals surface area contributed by atoms with Crippen LogP contribution in [0.2, 0.25) is 0 Å². The fourth-order valence-corrected chi connectivity index (χ4v) is 2.84. The van der Waals surface area contributed by atoms with Gasteiger partial charge in [0.25, 0.3) is 0 Å². The molecule has 0 saturated carbocycles. The predicted octanol–water partition coefficient (Wildman–Crippen LogP) is 5.71. The average molecular weight is 508 g/mol. The Bertz CT molecular complexity index is 969. The van der Waals surface area contributed by atoms with Crippen molar-refractivity contribution in [3.05, 3.63) is 89.5 Å². The molecule has 0 unspecified atom stereocenters. The van der Waals surface area contributed by atoms with Gasteiger partial charge in [-0.2, -0.15) is 0 Å². The molecular formula is C24H23F2O5Se. The van der Waals surface area contributed by atoms with Crippen molar-refractivity contribution in [3.63, 3.8) is 0 Å². The van der Waals surface area contributed by atoms with E-state index < -0.39 is 12.6 Å². The molecule has 0 spiro atoms. The SMILES string of the molecule is CC.O=C(O[Se])c1cc(OCc2ccccc2)c(OCc2ccccc2)c(OC(F)F)c1. The Kier molecular flexibility index (Phi) is 10.5. The zero-order valence-electron chi connectivity index (χ0n) is 17.6. The van der Waals surface area contributed by atoms with Gasteiger partial charge in [0, 0.05) is 0 Å². The standard InChI is InChI=1S/C22H17F2O5Se.C2H6/c23-22(24)28-19-12-17(21(25)29-30)11-18(26-13-15-7-3-1-4-8-15)20(19)27-14-16-9-5-2-6-10-16;1-2/h1-12,22H,13-14H2;1-2H3. The summed E-state index contributed by atoms with van der Waals surface area (Å²) in [5.74, 6) is -1.06. The van der Waals surface area contributed by atoms with Gasteiger partial charge in [-0.3, -0.25) is 0 Å². The van der Waals surface area contributed by atoms with Crippen molar-refractivity contribution in [1.29, 1.82) is 0 Å². The maximum absolute atomic E-state index is 13.0. The molecule has 0 amide bonds. The third-order valence-corrected chi connectivity index (χ3v) is 4.33. The molecule has 8 heteroatoms. The van der Waals surface area contributed by atoms with E-state index in [0.29, 0.717) is 0 Å². The van der Waals surface area contributed by atoms with Crippen molar-refractivity contribution >= 4 is 22.3 Å². The van der Waals surface area contributed by atoms with E-state index in [4.69, 9.17) is 9.47 Å². The second-order valence-corrected chi connectivity index (χ2v) is 6.45. The number of hydrogen-bond donors (Lipinski definition) is 0. The first-order valence-corrected chi connectivity index (χ1v) is 10.6. The van der Waals surface area contributed by atoms with E-state index in [1.165, 1.54) is 6.07 Å². The number of alkyl halides is 2. The van der Waals surface area contributed by atoms with E-state index in [-0.39, 0.29) is 36.0 Å². The summed E-state index contributed by atoms with van der Waals surface area (Å²) in [5.41, 5.74) is 1.64. The van der Waals surface area contributed by atoms with E-state index in [0.717, 1.165) is 17.2 Å². The minimum absolute atomic E-state index is 0.0282. The molecule has 0 fully saturated rings. The molecule has 1 radical (unpaired) electrons. The Labute approximate surface area is 194 Å². The summed E-state index contributed by atoms with van der Waals surface area (Å²) in [6.07, 6.45) is 0. The van der Waals surface area contributed by atoms with Crippen LogP contribution in [0.4, 0.5) is 8.78 Å². The number of carbonyl (C=O) groups excluding carboxylic acids is 1. The molecule has 0 atom stereocenters. The summed E-state index contributed by atoms with van der Waals surface area (Å²) >= 11 is 2.13. The number of hydrogen-bond acceptors (Lipinski definition) is 5. The fourth-order valence-electron chi connectivity index (χ4n) is 2.64. The monoisotopic (exact) mass is 509 g/mol. The molecule has 3 aromatic rings. The van der Waals surface area contributed by atoms with E-state index in [9.17, 15) is 13.6 Å². The topological polar surface area (TPSA) is 54.0 Å². The molecule has 0 N–H and O–H groups in total. The van der Waals surface area contributed by atoms with Gasteiger partial charge in [0.15, 0.2) is 0 Å². The first-order chi connectivity index (χ1) is 15.6. The zero-order valence-corrected chi connectivity index (χ0v) is 19.3.